The van der Waals surface area contributed by atoms with Gasteiger partial charge in [-0.25, -0.2) is 0 Å². The van der Waals surface area contributed by atoms with Gasteiger partial charge in [0.15, 0.2) is 0 Å². The van der Waals surface area contributed by atoms with Crippen molar-refractivity contribution in [2.45, 2.75) is 6.42 Å². The maximum absolute atomic E-state index is 13.9. The Hall–Kier alpha value is -0.160. The van der Waals surface area contributed by atoms with E-state index in [0.29, 0.717) is 5.92 Å². The van der Waals surface area contributed by atoms with Crippen molar-refractivity contribution in [2.75, 3.05) is 26.2 Å². The van der Waals surface area contributed by atoms with Crippen LogP contribution in [-0.4, -0.2) is 26.2 Å². The number of allylic oxidation sites excluding steroid dienone is 4. The summed E-state index contributed by atoms with van der Waals surface area (Å²) in [6.07, 6.45) is 10.0. The SMILES string of the molecule is CP(C)(C)(F)CC1C=CC=CC1. The van der Waals surface area contributed by atoms with Gasteiger partial charge in [0.2, 0.25) is 0 Å². The van der Waals surface area contributed by atoms with Crippen LogP contribution in [0.3, 0.4) is 0 Å². The van der Waals surface area contributed by atoms with E-state index < -0.39 is 6.91 Å². The van der Waals surface area contributed by atoms with Crippen LogP contribution in [0, 0.1) is 5.92 Å². The Morgan fingerprint density at radius 2 is 2.00 bits per heavy atom. The molecule has 1 aliphatic rings. The third-order valence-electron chi connectivity index (χ3n) is 1.92. The van der Waals surface area contributed by atoms with E-state index in [2.05, 4.69) is 12.2 Å². The van der Waals surface area contributed by atoms with Crippen LogP contribution < -0.4 is 0 Å². The van der Waals surface area contributed by atoms with Crippen LogP contribution in [0.25, 0.3) is 0 Å². The first-order valence-electron chi connectivity index (χ1n) is 4.38. The summed E-state index contributed by atoms with van der Waals surface area (Å²) >= 11 is 0. The van der Waals surface area contributed by atoms with E-state index in [1.165, 1.54) is 0 Å². The van der Waals surface area contributed by atoms with Crippen molar-refractivity contribution < 1.29 is 4.20 Å². The van der Waals surface area contributed by atoms with E-state index in [1.807, 2.05) is 12.2 Å². The molecule has 0 heterocycles. The Balaban J connectivity index is 2.53. The van der Waals surface area contributed by atoms with Crippen LogP contribution in [0.1, 0.15) is 6.42 Å². The van der Waals surface area contributed by atoms with Gasteiger partial charge in [-0.2, -0.15) is 0 Å². The summed E-state index contributed by atoms with van der Waals surface area (Å²) in [5.41, 5.74) is 0. The van der Waals surface area contributed by atoms with Crippen LogP contribution in [0.2, 0.25) is 0 Å². The number of hydrogen-bond acceptors (Lipinski definition) is 0. The second-order valence-electron chi connectivity index (χ2n) is 4.91. The molecule has 1 aliphatic carbocycles. The molecule has 0 aromatic rings. The third-order valence-corrected chi connectivity index (χ3v) is 3.62. The van der Waals surface area contributed by atoms with E-state index in [0.717, 1.165) is 12.6 Å². The van der Waals surface area contributed by atoms with Crippen molar-refractivity contribution in [2.24, 2.45) is 5.92 Å². The summed E-state index contributed by atoms with van der Waals surface area (Å²) in [6.45, 7) is 2.58. The average Bonchev–Trinajstić information content (AvgIpc) is 1.83. The molecule has 70 valence electrons. The summed E-state index contributed by atoms with van der Waals surface area (Å²) in [5, 5.41) is 0. The van der Waals surface area contributed by atoms with Crippen molar-refractivity contribution in [3.8, 4) is 0 Å². The Morgan fingerprint density at radius 1 is 1.33 bits per heavy atom. The first-order chi connectivity index (χ1) is 5.33. The number of halogens is 1. The summed E-state index contributed by atoms with van der Waals surface area (Å²) in [5.74, 6) is 0.428. The fourth-order valence-corrected chi connectivity index (χ4v) is 3.41. The predicted octanol–water partition coefficient (Wildman–Crippen LogP) is 3.45. The number of rotatable bonds is 2. The molecule has 0 N–H and O–H groups in total. The zero-order valence-electron chi connectivity index (χ0n) is 8.13. The van der Waals surface area contributed by atoms with Crippen LogP contribution in [0.4, 0.5) is 4.20 Å². The minimum atomic E-state index is -2.79. The van der Waals surface area contributed by atoms with Crippen molar-refractivity contribution in [1.82, 2.24) is 0 Å². The van der Waals surface area contributed by atoms with Crippen molar-refractivity contribution >= 4 is 6.91 Å². The topological polar surface area (TPSA) is 0 Å². The van der Waals surface area contributed by atoms with Gasteiger partial charge in [-0.3, -0.25) is 0 Å². The molecule has 0 bridgehead atoms. The van der Waals surface area contributed by atoms with Crippen LogP contribution >= 0.6 is 6.91 Å². The van der Waals surface area contributed by atoms with Gasteiger partial charge in [-0.1, -0.05) is 0 Å². The van der Waals surface area contributed by atoms with Gasteiger partial charge >= 0.3 is 73.9 Å². The molecule has 0 fully saturated rings. The van der Waals surface area contributed by atoms with Crippen molar-refractivity contribution in [3.05, 3.63) is 24.3 Å². The molecule has 1 unspecified atom stereocenters. The van der Waals surface area contributed by atoms with Gasteiger partial charge in [0.25, 0.3) is 0 Å². The quantitative estimate of drug-likeness (QED) is 0.582. The van der Waals surface area contributed by atoms with E-state index in [1.54, 1.807) is 20.0 Å². The predicted molar refractivity (Wildman–Crippen MR) is 57.1 cm³/mol. The molecule has 0 spiro atoms. The molecular formula is C10H18FP. The van der Waals surface area contributed by atoms with Crippen LogP contribution in [0.15, 0.2) is 24.3 Å². The fourth-order valence-electron chi connectivity index (χ4n) is 1.56. The van der Waals surface area contributed by atoms with Gasteiger partial charge < -0.3 is 0 Å². The molecule has 0 aliphatic heterocycles. The van der Waals surface area contributed by atoms with Gasteiger partial charge in [-0.15, -0.1) is 0 Å². The second-order valence-corrected chi connectivity index (χ2v) is 11.1. The molecule has 0 saturated carbocycles. The van der Waals surface area contributed by atoms with Crippen LogP contribution in [0.5, 0.6) is 0 Å². The monoisotopic (exact) mass is 188 g/mol. The summed E-state index contributed by atoms with van der Waals surface area (Å²) in [4.78, 5) is 0. The maximum atomic E-state index is 13.9. The molecule has 0 saturated heterocycles. The first kappa shape index (κ1) is 9.92. The standard InChI is InChI=1S/C10H18FP/c1-12(2,3,11)9-10-7-5-4-6-8-10/h4-7,10H,8-9H2,1-3H3. The Kier molecular flexibility index (Phi) is 2.45. The zero-order valence-corrected chi connectivity index (χ0v) is 9.02. The molecular weight excluding hydrogens is 170 g/mol. The average molecular weight is 188 g/mol. The summed E-state index contributed by atoms with van der Waals surface area (Å²) in [6, 6.07) is 0. The van der Waals surface area contributed by atoms with Crippen molar-refractivity contribution in [3.63, 3.8) is 0 Å². The van der Waals surface area contributed by atoms with E-state index >= 15 is 0 Å². The molecule has 0 aromatic carbocycles. The molecule has 0 amide bonds. The van der Waals surface area contributed by atoms with E-state index in [9.17, 15) is 4.20 Å². The fraction of sp³-hybridized carbons (Fsp3) is 0.600. The molecule has 2 heteroatoms. The van der Waals surface area contributed by atoms with Gasteiger partial charge in [0.1, 0.15) is 0 Å². The molecule has 0 radical (unpaired) electrons. The molecule has 12 heavy (non-hydrogen) atoms. The van der Waals surface area contributed by atoms with E-state index in [4.69, 9.17) is 0 Å². The molecule has 0 nitrogen and oxygen atoms in total. The molecule has 0 aromatic heterocycles. The zero-order chi connectivity index (χ0) is 9.27. The normalized spacial score (nSPS) is 26.7. The summed E-state index contributed by atoms with van der Waals surface area (Å²) in [7, 11) is 0. The third kappa shape index (κ3) is 4.01. The second kappa shape index (κ2) is 2.96. The Bertz CT molecular complexity index is 210. The Labute approximate surface area is 74.6 Å². The van der Waals surface area contributed by atoms with Crippen molar-refractivity contribution in [1.29, 1.82) is 0 Å². The molecule has 1 rings (SSSR count). The van der Waals surface area contributed by atoms with Gasteiger partial charge in [0, 0.05) is 0 Å². The van der Waals surface area contributed by atoms with Crippen LogP contribution in [-0.2, 0) is 0 Å². The van der Waals surface area contributed by atoms with Gasteiger partial charge in [0.05, 0.1) is 0 Å². The molecule has 1 atom stereocenters. The minimum absolute atomic E-state index is 0.428. The summed E-state index contributed by atoms with van der Waals surface area (Å²) < 4.78 is 13.9. The van der Waals surface area contributed by atoms with E-state index in [-0.39, 0.29) is 0 Å². The Morgan fingerprint density at radius 3 is 2.42 bits per heavy atom. The number of hydrogen-bond donors (Lipinski definition) is 0. The van der Waals surface area contributed by atoms with Gasteiger partial charge in [-0.05, 0) is 0 Å². The first-order valence-corrected chi connectivity index (χ1v) is 8.04.